The highest BCUT2D eigenvalue weighted by Crippen LogP contribution is 2.09. The molecule has 1 N–H and O–H groups in total. The fourth-order valence-electron chi connectivity index (χ4n) is 1.29. The van der Waals surface area contributed by atoms with Gasteiger partial charge in [0.1, 0.15) is 12.4 Å². The van der Waals surface area contributed by atoms with E-state index in [2.05, 4.69) is 4.74 Å². The SMILES string of the molecule is CC(=O)OC(=O)CCC(O)COc1ccccc1. The first-order chi connectivity index (χ1) is 8.58. The maximum atomic E-state index is 11.0. The van der Waals surface area contributed by atoms with Gasteiger partial charge in [0, 0.05) is 13.3 Å². The molecule has 1 unspecified atom stereocenters. The average Bonchev–Trinajstić information content (AvgIpc) is 2.34. The Morgan fingerprint density at radius 3 is 2.56 bits per heavy atom. The minimum Gasteiger partial charge on any atom is -0.491 e. The molecule has 0 heterocycles. The number of hydrogen-bond acceptors (Lipinski definition) is 5. The fourth-order valence-corrected chi connectivity index (χ4v) is 1.29. The van der Waals surface area contributed by atoms with Crippen LogP contribution in [0.25, 0.3) is 0 Å². The summed E-state index contributed by atoms with van der Waals surface area (Å²) >= 11 is 0. The van der Waals surface area contributed by atoms with Crippen LogP contribution in [0.4, 0.5) is 0 Å². The molecule has 1 rings (SSSR count). The predicted molar refractivity (Wildman–Crippen MR) is 64.0 cm³/mol. The lowest BCUT2D eigenvalue weighted by Gasteiger charge is -2.11. The largest absolute Gasteiger partial charge is 0.491 e. The summed E-state index contributed by atoms with van der Waals surface area (Å²) in [7, 11) is 0. The summed E-state index contributed by atoms with van der Waals surface area (Å²) < 4.78 is 9.65. The van der Waals surface area contributed by atoms with E-state index in [1.165, 1.54) is 0 Å². The Kier molecular flexibility index (Phi) is 5.87. The molecule has 0 bridgehead atoms. The summed E-state index contributed by atoms with van der Waals surface area (Å²) in [6.07, 6.45) is -0.595. The second-order valence-electron chi connectivity index (χ2n) is 3.78. The number of aliphatic hydroxyl groups is 1. The summed E-state index contributed by atoms with van der Waals surface area (Å²) in [6, 6.07) is 9.06. The van der Waals surface area contributed by atoms with Crippen molar-refractivity contribution in [3.63, 3.8) is 0 Å². The molecule has 0 aromatic heterocycles. The lowest BCUT2D eigenvalue weighted by atomic mass is 10.2. The Hall–Kier alpha value is -1.88. The number of benzene rings is 1. The van der Waals surface area contributed by atoms with Crippen molar-refractivity contribution in [2.75, 3.05) is 6.61 Å². The van der Waals surface area contributed by atoms with E-state index < -0.39 is 18.0 Å². The van der Waals surface area contributed by atoms with Crippen molar-refractivity contribution in [2.45, 2.75) is 25.9 Å². The van der Waals surface area contributed by atoms with Crippen molar-refractivity contribution in [1.82, 2.24) is 0 Å². The highest BCUT2D eigenvalue weighted by Gasteiger charge is 2.11. The van der Waals surface area contributed by atoms with Gasteiger partial charge >= 0.3 is 11.9 Å². The lowest BCUT2D eigenvalue weighted by Crippen LogP contribution is -2.20. The van der Waals surface area contributed by atoms with Crippen molar-refractivity contribution in [2.24, 2.45) is 0 Å². The van der Waals surface area contributed by atoms with Gasteiger partial charge in [-0.1, -0.05) is 18.2 Å². The van der Waals surface area contributed by atoms with Crippen LogP contribution in [0.2, 0.25) is 0 Å². The van der Waals surface area contributed by atoms with Gasteiger partial charge in [-0.25, -0.2) is 0 Å². The van der Waals surface area contributed by atoms with Crippen molar-refractivity contribution in [1.29, 1.82) is 0 Å². The number of rotatable bonds is 6. The number of aliphatic hydroxyl groups excluding tert-OH is 1. The van der Waals surface area contributed by atoms with Gasteiger partial charge in [-0.15, -0.1) is 0 Å². The molecule has 18 heavy (non-hydrogen) atoms. The van der Waals surface area contributed by atoms with Crippen LogP contribution in [0.1, 0.15) is 19.8 Å². The zero-order chi connectivity index (χ0) is 13.4. The summed E-state index contributed by atoms with van der Waals surface area (Å²) in [5.41, 5.74) is 0. The highest BCUT2D eigenvalue weighted by molar-refractivity contribution is 5.83. The molecule has 0 aliphatic rings. The molecule has 1 aromatic rings. The van der Waals surface area contributed by atoms with Gasteiger partial charge < -0.3 is 14.6 Å². The molecule has 1 aromatic carbocycles. The third kappa shape index (κ3) is 6.00. The van der Waals surface area contributed by atoms with E-state index in [0.29, 0.717) is 5.75 Å². The molecule has 1 atom stereocenters. The van der Waals surface area contributed by atoms with Crippen molar-refractivity contribution < 1.29 is 24.2 Å². The molecular formula is C13H16O5. The van der Waals surface area contributed by atoms with Crippen molar-refractivity contribution in [3.8, 4) is 5.75 Å². The van der Waals surface area contributed by atoms with Crippen LogP contribution < -0.4 is 4.74 Å². The quantitative estimate of drug-likeness (QED) is 0.610. The first-order valence-corrected chi connectivity index (χ1v) is 5.65. The molecule has 0 aliphatic carbocycles. The van der Waals surface area contributed by atoms with Crippen LogP contribution in [-0.4, -0.2) is 29.8 Å². The lowest BCUT2D eigenvalue weighted by molar-refractivity contribution is -0.158. The molecule has 98 valence electrons. The van der Waals surface area contributed by atoms with E-state index in [1.807, 2.05) is 18.2 Å². The summed E-state index contributed by atoms with van der Waals surface area (Å²) in [4.78, 5) is 21.5. The van der Waals surface area contributed by atoms with Crippen molar-refractivity contribution >= 4 is 11.9 Å². The predicted octanol–water partition coefficient (Wildman–Crippen LogP) is 1.30. The van der Waals surface area contributed by atoms with E-state index >= 15 is 0 Å². The van der Waals surface area contributed by atoms with Crippen LogP contribution >= 0.6 is 0 Å². The molecule has 0 radical (unpaired) electrons. The topological polar surface area (TPSA) is 72.8 Å². The standard InChI is InChI=1S/C13H16O5/c1-10(14)18-13(16)8-7-11(15)9-17-12-5-3-2-4-6-12/h2-6,11,15H,7-9H2,1H3. The van der Waals surface area contributed by atoms with E-state index in [-0.39, 0.29) is 19.4 Å². The molecular weight excluding hydrogens is 236 g/mol. The zero-order valence-electron chi connectivity index (χ0n) is 10.2. The van der Waals surface area contributed by atoms with E-state index in [4.69, 9.17) is 4.74 Å². The number of carbonyl (C=O) groups is 2. The molecule has 5 heteroatoms. The molecule has 0 saturated carbocycles. The fraction of sp³-hybridized carbons (Fsp3) is 0.385. The minimum absolute atomic E-state index is 0.0150. The van der Waals surface area contributed by atoms with Crippen LogP contribution in [0.5, 0.6) is 5.75 Å². The van der Waals surface area contributed by atoms with Crippen LogP contribution in [0, 0.1) is 0 Å². The molecule has 5 nitrogen and oxygen atoms in total. The van der Waals surface area contributed by atoms with Gasteiger partial charge in [0.05, 0.1) is 6.10 Å². The Morgan fingerprint density at radius 2 is 1.94 bits per heavy atom. The summed E-state index contributed by atoms with van der Waals surface area (Å²) in [5.74, 6) is -0.626. The monoisotopic (exact) mass is 252 g/mol. The molecule has 0 saturated heterocycles. The van der Waals surface area contributed by atoms with Crippen LogP contribution in [0.15, 0.2) is 30.3 Å². The molecule has 0 aliphatic heterocycles. The average molecular weight is 252 g/mol. The highest BCUT2D eigenvalue weighted by atomic mass is 16.6. The van der Waals surface area contributed by atoms with Crippen molar-refractivity contribution in [3.05, 3.63) is 30.3 Å². The van der Waals surface area contributed by atoms with Crippen LogP contribution in [-0.2, 0) is 14.3 Å². The number of esters is 2. The maximum absolute atomic E-state index is 11.0. The molecule has 0 fully saturated rings. The van der Waals surface area contributed by atoms with Crippen LogP contribution in [0.3, 0.4) is 0 Å². The number of ether oxygens (including phenoxy) is 2. The summed E-state index contributed by atoms with van der Waals surface area (Å²) in [5, 5.41) is 9.58. The van der Waals surface area contributed by atoms with Gasteiger partial charge in [0.25, 0.3) is 0 Å². The summed E-state index contributed by atoms with van der Waals surface area (Å²) in [6.45, 7) is 1.25. The minimum atomic E-state index is -0.773. The second-order valence-corrected chi connectivity index (χ2v) is 3.78. The second kappa shape index (κ2) is 7.45. The number of hydrogen-bond donors (Lipinski definition) is 1. The zero-order valence-corrected chi connectivity index (χ0v) is 10.2. The maximum Gasteiger partial charge on any atom is 0.313 e. The van der Waals surface area contributed by atoms with Gasteiger partial charge in [-0.2, -0.15) is 0 Å². The van der Waals surface area contributed by atoms with Gasteiger partial charge in [0.15, 0.2) is 0 Å². The Bertz CT molecular complexity index is 388. The van der Waals surface area contributed by atoms with E-state index in [0.717, 1.165) is 6.92 Å². The normalized spacial score (nSPS) is 11.7. The van der Waals surface area contributed by atoms with Gasteiger partial charge in [-0.05, 0) is 18.6 Å². The van der Waals surface area contributed by atoms with Gasteiger partial charge in [-0.3, -0.25) is 9.59 Å². The Balaban J connectivity index is 2.20. The van der Waals surface area contributed by atoms with E-state index in [9.17, 15) is 14.7 Å². The van der Waals surface area contributed by atoms with E-state index in [1.54, 1.807) is 12.1 Å². The van der Waals surface area contributed by atoms with Gasteiger partial charge in [0.2, 0.25) is 0 Å². The Morgan fingerprint density at radius 1 is 1.28 bits per heavy atom. The first kappa shape index (κ1) is 14.2. The molecule has 0 spiro atoms. The third-order valence-electron chi connectivity index (χ3n) is 2.12. The first-order valence-electron chi connectivity index (χ1n) is 5.65. The third-order valence-corrected chi connectivity index (χ3v) is 2.12. The smallest absolute Gasteiger partial charge is 0.313 e. The number of para-hydroxylation sites is 1. The Labute approximate surface area is 105 Å². The number of carbonyl (C=O) groups excluding carboxylic acids is 2. The molecule has 0 amide bonds.